The molecule has 2 fully saturated rings. The summed E-state index contributed by atoms with van der Waals surface area (Å²) in [6.45, 7) is 7.44. The SMILES string of the molecule is CCN1CC[C@@]2(C)OCC(=O)N(c3ccccc3)[C@@H]2C1. The molecule has 0 aromatic heterocycles. The fourth-order valence-electron chi connectivity index (χ4n) is 3.27. The van der Waals surface area contributed by atoms with Gasteiger partial charge in [0.05, 0.1) is 11.6 Å². The van der Waals surface area contributed by atoms with E-state index in [1.54, 1.807) is 0 Å². The standard InChI is InChI=1S/C16H22N2O2/c1-3-17-10-9-16(2)14(11-17)18(15(19)12-20-16)13-7-5-4-6-8-13/h4-8,14H,3,9-12H2,1-2H3/t14-,16-/m1/s1. The number of carbonyl (C=O) groups excluding carboxylic acids is 1. The number of ether oxygens (including phenoxy) is 1. The first-order valence-corrected chi connectivity index (χ1v) is 7.37. The minimum atomic E-state index is -0.227. The molecule has 0 aliphatic carbocycles. The van der Waals surface area contributed by atoms with E-state index in [1.165, 1.54) is 0 Å². The van der Waals surface area contributed by atoms with Crippen molar-refractivity contribution in [1.29, 1.82) is 0 Å². The Morgan fingerprint density at radius 2 is 2.10 bits per heavy atom. The van der Waals surface area contributed by atoms with Crippen LogP contribution in [-0.4, -0.2) is 48.7 Å². The number of morpholine rings is 1. The number of benzene rings is 1. The normalized spacial score (nSPS) is 31.2. The van der Waals surface area contributed by atoms with Crippen molar-refractivity contribution in [3.05, 3.63) is 30.3 Å². The molecular weight excluding hydrogens is 252 g/mol. The largest absolute Gasteiger partial charge is 0.363 e. The highest BCUT2D eigenvalue weighted by Crippen LogP contribution is 2.35. The van der Waals surface area contributed by atoms with Gasteiger partial charge in [-0.3, -0.25) is 4.79 Å². The zero-order valence-corrected chi connectivity index (χ0v) is 12.2. The molecule has 2 saturated heterocycles. The van der Waals surface area contributed by atoms with Crippen LogP contribution in [0.25, 0.3) is 0 Å². The van der Waals surface area contributed by atoms with E-state index in [4.69, 9.17) is 4.74 Å². The number of piperidine rings is 1. The highest BCUT2D eigenvalue weighted by Gasteiger charge is 2.48. The van der Waals surface area contributed by atoms with Crippen molar-refractivity contribution in [3.63, 3.8) is 0 Å². The number of carbonyl (C=O) groups is 1. The summed E-state index contributed by atoms with van der Waals surface area (Å²) in [6.07, 6.45) is 0.974. The lowest BCUT2D eigenvalue weighted by Crippen LogP contribution is -2.67. The third-order valence-corrected chi connectivity index (χ3v) is 4.65. The fraction of sp³-hybridized carbons (Fsp3) is 0.562. The van der Waals surface area contributed by atoms with E-state index in [0.717, 1.165) is 31.7 Å². The van der Waals surface area contributed by atoms with Gasteiger partial charge in [0.2, 0.25) is 0 Å². The van der Waals surface area contributed by atoms with Crippen LogP contribution in [-0.2, 0) is 9.53 Å². The van der Waals surface area contributed by atoms with Gasteiger partial charge in [-0.2, -0.15) is 0 Å². The Bertz CT molecular complexity index is 491. The van der Waals surface area contributed by atoms with Crippen LogP contribution < -0.4 is 4.90 Å². The third-order valence-electron chi connectivity index (χ3n) is 4.65. The summed E-state index contributed by atoms with van der Waals surface area (Å²) in [5, 5.41) is 0. The molecule has 4 nitrogen and oxygen atoms in total. The molecule has 3 rings (SSSR count). The number of hydrogen-bond acceptors (Lipinski definition) is 3. The Morgan fingerprint density at radius 1 is 1.35 bits per heavy atom. The number of para-hydroxylation sites is 1. The molecule has 1 aromatic carbocycles. The fourth-order valence-corrected chi connectivity index (χ4v) is 3.27. The second-order valence-corrected chi connectivity index (χ2v) is 5.86. The van der Waals surface area contributed by atoms with Gasteiger partial charge in [-0.1, -0.05) is 25.1 Å². The summed E-state index contributed by atoms with van der Waals surface area (Å²) >= 11 is 0. The van der Waals surface area contributed by atoms with Crippen LogP contribution in [0.3, 0.4) is 0 Å². The number of likely N-dealkylation sites (tertiary alicyclic amines) is 1. The molecule has 0 radical (unpaired) electrons. The molecule has 2 aliphatic heterocycles. The number of likely N-dealkylation sites (N-methyl/N-ethyl adjacent to an activating group) is 1. The quantitative estimate of drug-likeness (QED) is 0.826. The van der Waals surface area contributed by atoms with E-state index in [-0.39, 0.29) is 24.2 Å². The highest BCUT2D eigenvalue weighted by molar-refractivity contribution is 5.96. The number of anilines is 1. The van der Waals surface area contributed by atoms with Crippen LogP contribution in [0.15, 0.2) is 30.3 Å². The zero-order valence-electron chi connectivity index (χ0n) is 12.2. The maximum atomic E-state index is 12.4. The van der Waals surface area contributed by atoms with E-state index in [1.807, 2.05) is 35.2 Å². The van der Waals surface area contributed by atoms with Gasteiger partial charge in [-0.25, -0.2) is 0 Å². The van der Waals surface area contributed by atoms with Crippen LogP contribution in [0, 0.1) is 0 Å². The van der Waals surface area contributed by atoms with Crippen molar-refractivity contribution in [2.45, 2.75) is 31.9 Å². The number of rotatable bonds is 2. The summed E-state index contributed by atoms with van der Waals surface area (Å²) in [7, 11) is 0. The number of hydrogen-bond donors (Lipinski definition) is 0. The van der Waals surface area contributed by atoms with E-state index in [9.17, 15) is 4.79 Å². The molecule has 20 heavy (non-hydrogen) atoms. The first-order chi connectivity index (χ1) is 9.64. The maximum Gasteiger partial charge on any atom is 0.253 e. The average molecular weight is 274 g/mol. The maximum absolute atomic E-state index is 12.4. The van der Waals surface area contributed by atoms with Gasteiger partial charge in [0.1, 0.15) is 6.61 Å². The van der Waals surface area contributed by atoms with Gasteiger partial charge < -0.3 is 14.5 Å². The molecular formula is C16H22N2O2. The lowest BCUT2D eigenvalue weighted by atomic mass is 9.85. The topological polar surface area (TPSA) is 32.8 Å². The molecule has 0 spiro atoms. The number of fused-ring (bicyclic) bond motifs is 1. The molecule has 0 saturated carbocycles. The van der Waals surface area contributed by atoms with Crippen LogP contribution in [0.1, 0.15) is 20.3 Å². The monoisotopic (exact) mass is 274 g/mol. The van der Waals surface area contributed by atoms with Crippen molar-refractivity contribution < 1.29 is 9.53 Å². The van der Waals surface area contributed by atoms with Crippen molar-refractivity contribution in [3.8, 4) is 0 Å². The molecule has 2 heterocycles. The van der Waals surface area contributed by atoms with E-state index in [0.29, 0.717) is 0 Å². The van der Waals surface area contributed by atoms with E-state index >= 15 is 0 Å². The second kappa shape index (κ2) is 5.19. The third kappa shape index (κ3) is 2.23. The van der Waals surface area contributed by atoms with Crippen molar-refractivity contribution >= 4 is 11.6 Å². The van der Waals surface area contributed by atoms with E-state index in [2.05, 4.69) is 18.7 Å². The lowest BCUT2D eigenvalue weighted by Gasteiger charge is -2.52. The smallest absolute Gasteiger partial charge is 0.253 e. The Kier molecular flexibility index (Phi) is 3.52. The molecule has 108 valence electrons. The first-order valence-electron chi connectivity index (χ1n) is 7.37. The Morgan fingerprint density at radius 3 is 2.80 bits per heavy atom. The summed E-state index contributed by atoms with van der Waals surface area (Å²) in [6, 6.07) is 10.1. The molecule has 2 aliphatic rings. The van der Waals surface area contributed by atoms with Crippen LogP contribution >= 0.6 is 0 Å². The molecule has 4 heteroatoms. The number of amides is 1. The minimum absolute atomic E-state index is 0.0663. The Hall–Kier alpha value is -1.39. The number of nitrogens with zero attached hydrogens (tertiary/aromatic N) is 2. The Balaban J connectivity index is 1.95. The molecule has 0 unspecified atom stereocenters. The van der Waals surface area contributed by atoms with Crippen LogP contribution in [0.5, 0.6) is 0 Å². The zero-order chi connectivity index (χ0) is 14.2. The van der Waals surface area contributed by atoms with Gasteiger partial charge in [-0.15, -0.1) is 0 Å². The first kappa shape index (κ1) is 13.6. The van der Waals surface area contributed by atoms with Crippen molar-refractivity contribution in [2.75, 3.05) is 31.1 Å². The van der Waals surface area contributed by atoms with Gasteiger partial charge >= 0.3 is 0 Å². The summed E-state index contributed by atoms with van der Waals surface area (Å²) in [5.41, 5.74) is 0.755. The molecule has 2 atom stereocenters. The summed E-state index contributed by atoms with van der Waals surface area (Å²) in [5.74, 6) is 0.0663. The van der Waals surface area contributed by atoms with Gasteiger partial charge in [0.15, 0.2) is 0 Å². The van der Waals surface area contributed by atoms with Gasteiger partial charge in [0.25, 0.3) is 5.91 Å². The minimum Gasteiger partial charge on any atom is -0.363 e. The molecule has 0 bridgehead atoms. The molecule has 0 N–H and O–H groups in total. The van der Waals surface area contributed by atoms with Gasteiger partial charge in [-0.05, 0) is 32.0 Å². The van der Waals surface area contributed by atoms with Gasteiger partial charge in [0, 0.05) is 18.8 Å². The summed E-state index contributed by atoms with van der Waals surface area (Å²) in [4.78, 5) is 16.7. The van der Waals surface area contributed by atoms with Crippen LogP contribution in [0.2, 0.25) is 0 Å². The van der Waals surface area contributed by atoms with E-state index < -0.39 is 0 Å². The lowest BCUT2D eigenvalue weighted by molar-refractivity contribution is -0.150. The second-order valence-electron chi connectivity index (χ2n) is 5.86. The highest BCUT2D eigenvalue weighted by atomic mass is 16.5. The van der Waals surface area contributed by atoms with Crippen LogP contribution in [0.4, 0.5) is 5.69 Å². The summed E-state index contributed by atoms with van der Waals surface area (Å²) < 4.78 is 5.91. The predicted octanol–water partition coefficient (Wildman–Crippen LogP) is 1.90. The average Bonchev–Trinajstić information content (AvgIpc) is 2.48. The Labute approximate surface area is 120 Å². The van der Waals surface area contributed by atoms with Crippen molar-refractivity contribution in [1.82, 2.24) is 4.90 Å². The predicted molar refractivity (Wildman–Crippen MR) is 78.8 cm³/mol. The molecule has 1 aromatic rings. The molecule has 1 amide bonds. The van der Waals surface area contributed by atoms with Crippen molar-refractivity contribution in [2.24, 2.45) is 0 Å².